The van der Waals surface area contributed by atoms with E-state index < -0.39 is 0 Å². The maximum atomic E-state index is 13.4. The molecule has 0 atom stereocenters. The third kappa shape index (κ3) is 5.20. The number of imidazole rings is 1. The predicted molar refractivity (Wildman–Crippen MR) is 139 cm³/mol. The highest BCUT2D eigenvalue weighted by molar-refractivity contribution is 6.00. The predicted octanol–water partition coefficient (Wildman–Crippen LogP) is 5.03. The van der Waals surface area contributed by atoms with Crippen molar-refractivity contribution in [3.8, 4) is 22.7 Å². The van der Waals surface area contributed by atoms with Gasteiger partial charge in [0.2, 0.25) is 0 Å². The monoisotopic (exact) mass is 477 g/mol. The number of nitrogens with one attached hydrogen (secondary N) is 1. The molecule has 2 heterocycles. The summed E-state index contributed by atoms with van der Waals surface area (Å²) >= 11 is 0. The second-order valence-electron chi connectivity index (χ2n) is 8.64. The maximum absolute atomic E-state index is 13.4. The zero-order valence-corrected chi connectivity index (χ0v) is 20.3. The lowest BCUT2D eigenvalue weighted by molar-refractivity contribution is 0.0951. The molecular weight excluding hydrogens is 450 g/mol. The van der Waals surface area contributed by atoms with Gasteiger partial charge in [-0.2, -0.15) is 5.10 Å². The van der Waals surface area contributed by atoms with Gasteiger partial charge in [0.15, 0.2) is 0 Å². The molecule has 7 nitrogen and oxygen atoms in total. The molecule has 5 rings (SSSR count). The second-order valence-corrected chi connectivity index (χ2v) is 8.64. The van der Waals surface area contributed by atoms with Crippen molar-refractivity contribution >= 4 is 5.91 Å². The first-order valence-corrected chi connectivity index (χ1v) is 11.7. The van der Waals surface area contributed by atoms with Crippen molar-refractivity contribution in [3.63, 3.8) is 0 Å². The lowest BCUT2D eigenvalue weighted by Crippen LogP contribution is -2.23. The Labute approximate surface area is 210 Å². The van der Waals surface area contributed by atoms with Gasteiger partial charge in [-0.05, 0) is 42.3 Å². The van der Waals surface area contributed by atoms with Crippen molar-refractivity contribution < 1.29 is 9.53 Å². The third-order valence-corrected chi connectivity index (χ3v) is 5.97. The van der Waals surface area contributed by atoms with Crippen LogP contribution in [0.25, 0.3) is 16.9 Å². The van der Waals surface area contributed by atoms with Gasteiger partial charge in [-0.15, -0.1) is 0 Å². The molecule has 1 amide bonds. The zero-order valence-electron chi connectivity index (χ0n) is 20.3. The highest BCUT2D eigenvalue weighted by atomic mass is 16.5. The van der Waals surface area contributed by atoms with Crippen LogP contribution in [0.2, 0.25) is 0 Å². The van der Waals surface area contributed by atoms with E-state index in [0.717, 1.165) is 34.5 Å². The molecule has 0 aliphatic carbocycles. The van der Waals surface area contributed by atoms with Crippen LogP contribution in [0, 0.1) is 6.92 Å². The minimum atomic E-state index is -0.189. The minimum Gasteiger partial charge on any atom is -0.497 e. The molecule has 0 bridgehead atoms. The van der Waals surface area contributed by atoms with E-state index in [-0.39, 0.29) is 5.91 Å². The molecule has 0 saturated heterocycles. The number of nitrogens with zero attached hydrogens (tertiary/aromatic N) is 4. The average molecular weight is 478 g/mol. The summed E-state index contributed by atoms with van der Waals surface area (Å²) in [6.45, 7) is 3.17. The van der Waals surface area contributed by atoms with Gasteiger partial charge in [-0.1, -0.05) is 54.1 Å². The van der Waals surface area contributed by atoms with Crippen LogP contribution in [0.15, 0.2) is 97.7 Å². The highest BCUT2D eigenvalue weighted by Gasteiger charge is 2.19. The van der Waals surface area contributed by atoms with E-state index >= 15 is 0 Å². The first kappa shape index (κ1) is 23.1. The number of carbonyl (C=O) groups is 1. The van der Waals surface area contributed by atoms with Gasteiger partial charge in [0, 0.05) is 37.2 Å². The van der Waals surface area contributed by atoms with Gasteiger partial charge in [0.05, 0.1) is 24.7 Å². The smallest absolute Gasteiger partial charge is 0.255 e. The Morgan fingerprint density at radius 3 is 2.58 bits per heavy atom. The Bertz CT molecular complexity index is 1470. The molecule has 7 heteroatoms. The molecule has 0 aliphatic heterocycles. The van der Waals surface area contributed by atoms with Crippen molar-refractivity contribution in [2.24, 2.45) is 0 Å². The van der Waals surface area contributed by atoms with E-state index in [2.05, 4.69) is 22.4 Å². The van der Waals surface area contributed by atoms with Crippen molar-refractivity contribution in [1.82, 2.24) is 24.6 Å². The maximum Gasteiger partial charge on any atom is 0.255 e. The lowest BCUT2D eigenvalue weighted by atomic mass is 10.1. The average Bonchev–Trinajstić information content (AvgIpc) is 3.58. The van der Waals surface area contributed by atoms with Crippen LogP contribution >= 0.6 is 0 Å². The number of benzene rings is 3. The quantitative estimate of drug-likeness (QED) is 0.340. The van der Waals surface area contributed by atoms with E-state index in [9.17, 15) is 4.79 Å². The fraction of sp³-hybridized carbons (Fsp3) is 0.138. The first-order valence-electron chi connectivity index (χ1n) is 11.7. The minimum absolute atomic E-state index is 0.189. The molecule has 36 heavy (non-hydrogen) atoms. The summed E-state index contributed by atoms with van der Waals surface area (Å²) in [6.07, 6.45) is 7.27. The summed E-state index contributed by atoms with van der Waals surface area (Å²) in [5, 5.41) is 7.85. The molecular formula is C29H27N5O2. The molecule has 0 unspecified atom stereocenters. The van der Waals surface area contributed by atoms with Crippen LogP contribution in [-0.4, -0.2) is 32.3 Å². The molecule has 1 N–H and O–H groups in total. The Morgan fingerprint density at radius 1 is 1.00 bits per heavy atom. The summed E-state index contributed by atoms with van der Waals surface area (Å²) in [5.41, 5.74) is 6.12. The van der Waals surface area contributed by atoms with E-state index in [1.807, 2.05) is 78.4 Å². The Morgan fingerprint density at radius 2 is 1.81 bits per heavy atom. The summed E-state index contributed by atoms with van der Waals surface area (Å²) in [5.74, 6) is 0.518. The van der Waals surface area contributed by atoms with Crippen LogP contribution < -0.4 is 10.1 Å². The molecule has 0 radical (unpaired) electrons. The molecule has 180 valence electrons. The van der Waals surface area contributed by atoms with Crippen molar-refractivity contribution in [2.45, 2.75) is 20.0 Å². The van der Waals surface area contributed by atoms with Crippen LogP contribution in [0.3, 0.4) is 0 Å². The van der Waals surface area contributed by atoms with Gasteiger partial charge >= 0.3 is 0 Å². The number of amides is 1. The van der Waals surface area contributed by atoms with Gasteiger partial charge < -0.3 is 14.6 Å². The lowest BCUT2D eigenvalue weighted by Gasteiger charge is -2.09. The molecule has 3 aromatic carbocycles. The van der Waals surface area contributed by atoms with Gasteiger partial charge in [-0.25, -0.2) is 9.67 Å². The number of aromatic nitrogens is 4. The van der Waals surface area contributed by atoms with Crippen molar-refractivity contribution in [1.29, 1.82) is 0 Å². The van der Waals surface area contributed by atoms with Crippen LogP contribution in [-0.2, 0) is 13.1 Å². The molecule has 2 aromatic heterocycles. The van der Waals surface area contributed by atoms with Gasteiger partial charge in [0.1, 0.15) is 11.4 Å². The number of methoxy groups -OCH3 is 1. The highest BCUT2D eigenvalue weighted by Crippen LogP contribution is 2.27. The summed E-state index contributed by atoms with van der Waals surface area (Å²) in [4.78, 5) is 17.5. The number of ether oxygens (including phenoxy) is 1. The number of hydrogen-bond donors (Lipinski definition) is 1. The van der Waals surface area contributed by atoms with Gasteiger partial charge in [0.25, 0.3) is 5.91 Å². The molecule has 0 saturated carbocycles. The first-order chi connectivity index (χ1) is 17.6. The van der Waals surface area contributed by atoms with Crippen LogP contribution in [0.5, 0.6) is 5.75 Å². The fourth-order valence-corrected chi connectivity index (χ4v) is 4.06. The Balaban J connectivity index is 1.41. The zero-order chi connectivity index (χ0) is 24.9. The molecule has 0 aliphatic rings. The fourth-order valence-electron chi connectivity index (χ4n) is 4.06. The Hall–Kier alpha value is -4.65. The van der Waals surface area contributed by atoms with E-state index in [4.69, 9.17) is 9.84 Å². The number of rotatable bonds is 8. The van der Waals surface area contributed by atoms with Crippen molar-refractivity contribution in [2.75, 3.05) is 7.11 Å². The van der Waals surface area contributed by atoms with E-state index in [1.165, 1.54) is 0 Å². The van der Waals surface area contributed by atoms with Crippen LogP contribution in [0.1, 0.15) is 27.0 Å². The molecule has 5 aromatic rings. The molecule has 0 spiro atoms. The third-order valence-electron chi connectivity index (χ3n) is 5.97. The van der Waals surface area contributed by atoms with Crippen LogP contribution in [0.4, 0.5) is 0 Å². The number of aryl methyl sites for hydroxylation is 1. The van der Waals surface area contributed by atoms with E-state index in [1.54, 1.807) is 30.5 Å². The summed E-state index contributed by atoms with van der Waals surface area (Å²) < 4.78 is 9.15. The largest absolute Gasteiger partial charge is 0.497 e. The summed E-state index contributed by atoms with van der Waals surface area (Å²) in [6, 6.07) is 23.8. The molecule has 0 fully saturated rings. The summed E-state index contributed by atoms with van der Waals surface area (Å²) in [7, 11) is 1.62. The SMILES string of the molecule is COc1cccc(-c2nn(-c3ccc(C)cc3)cc2C(=O)NCc2cccc(Cn3ccnc3)c2)c1. The number of hydrogen-bond acceptors (Lipinski definition) is 4. The Kier molecular flexibility index (Phi) is 6.62. The topological polar surface area (TPSA) is 74.0 Å². The standard InChI is InChI=1S/C29H27N5O2/c1-21-9-11-25(12-10-21)34-19-27(28(32-34)24-7-4-8-26(16-24)36-2)29(35)31-17-22-5-3-6-23(15-22)18-33-14-13-30-20-33/h3-16,19-20H,17-18H2,1-2H3,(H,31,35). The normalized spacial score (nSPS) is 10.8. The van der Waals surface area contributed by atoms with E-state index in [0.29, 0.717) is 23.6 Å². The van der Waals surface area contributed by atoms with Crippen molar-refractivity contribution in [3.05, 3.63) is 120 Å². The number of carbonyl (C=O) groups excluding carboxylic acids is 1. The van der Waals surface area contributed by atoms with Gasteiger partial charge in [-0.3, -0.25) is 4.79 Å². The second kappa shape index (κ2) is 10.3.